The summed E-state index contributed by atoms with van der Waals surface area (Å²) in [5.41, 5.74) is 0. The van der Waals surface area contributed by atoms with Crippen molar-refractivity contribution in [3.63, 3.8) is 0 Å². The van der Waals surface area contributed by atoms with Crippen LogP contribution in [0.3, 0.4) is 0 Å². The van der Waals surface area contributed by atoms with Gasteiger partial charge < -0.3 is 15.4 Å². The highest BCUT2D eigenvalue weighted by Crippen LogP contribution is 2.11. The second-order valence-corrected chi connectivity index (χ2v) is 3.42. The highest BCUT2D eigenvalue weighted by molar-refractivity contribution is 5.35. The standard InChI is InChI=1S/C10H17F2N5O/c1-3-5-18-10-16-8(13-4-2)15-9(17-10)14-6-7(11)12/h7H,3-6H2,1-2H3,(H2,13,14,15,16,17). The van der Waals surface area contributed by atoms with E-state index < -0.39 is 13.0 Å². The minimum absolute atomic E-state index is 0.0763. The predicted octanol–water partition coefficient (Wildman–Crippen LogP) is 1.77. The van der Waals surface area contributed by atoms with E-state index in [1.54, 1.807) is 0 Å². The summed E-state index contributed by atoms with van der Waals surface area (Å²) in [6.45, 7) is 4.39. The smallest absolute Gasteiger partial charge is 0.323 e. The molecule has 0 radical (unpaired) electrons. The fourth-order valence-corrected chi connectivity index (χ4v) is 1.10. The van der Waals surface area contributed by atoms with Crippen LogP contribution in [0.15, 0.2) is 0 Å². The van der Waals surface area contributed by atoms with Crippen molar-refractivity contribution in [1.82, 2.24) is 15.0 Å². The summed E-state index contributed by atoms with van der Waals surface area (Å²) in [6, 6.07) is 0.125. The van der Waals surface area contributed by atoms with Gasteiger partial charge >= 0.3 is 6.01 Å². The molecule has 0 atom stereocenters. The van der Waals surface area contributed by atoms with Crippen LogP contribution in [0.1, 0.15) is 20.3 Å². The largest absolute Gasteiger partial charge is 0.463 e. The average molecular weight is 261 g/mol. The van der Waals surface area contributed by atoms with Crippen molar-refractivity contribution < 1.29 is 13.5 Å². The Morgan fingerprint density at radius 2 is 1.78 bits per heavy atom. The van der Waals surface area contributed by atoms with Crippen LogP contribution in [-0.4, -0.2) is 41.1 Å². The third-order valence-electron chi connectivity index (χ3n) is 1.80. The zero-order chi connectivity index (χ0) is 13.4. The molecule has 0 unspecified atom stereocenters. The summed E-state index contributed by atoms with van der Waals surface area (Å²) in [7, 11) is 0. The first-order valence-electron chi connectivity index (χ1n) is 5.80. The summed E-state index contributed by atoms with van der Waals surface area (Å²) < 4.78 is 29.4. The second-order valence-electron chi connectivity index (χ2n) is 3.42. The SMILES string of the molecule is CCCOc1nc(NCC)nc(NCC(F)F)n1. The fourth-order valence-electron chi connectivity index (χ4n) is 1.10. The van der Waals surface area contributed by atoms with Gasteiger partial charge in [0, 0.05) is 6.54 Å². The minimum Gasteiger partial charge on any atom is -0.463 e. The number of nitrogens with zero attached hydrogens (tertiary/aromatic N) is 3. The van der Waals surface area contributed by atoms with Gasteiger partial charge in [-0.25, -0.2) is 8.78 Å². The topological polar surface area (TPSA) is 72.0 Å². The molecule has 6 nitrogen and oxygen atoms in total. The van der Waals surface area contributed by atoms with E-state index in [2.05, 4.69) is 25.6 Å². The number of hydrogen-bond donors (Lipinski definition) is 2. The van der Waals surface area contributed by atoms with Crippen LogP contribution in [0, 0.1) is 0 Å². The first-order chi connectivity index (χ1) is 8.65. The molecule has 1 aromatic rings. The first-order valence-corrected chi connectivity index (χ1v) is 5.80. The van der Waals surface area contributed by atoms with Crippen molar-refractivity contribution in [3.05, 3.63) is 0 Å². The van der Waals surface area contributed by atoms with E-state index in [4.69, 9.17) is 4.74 Å². The lowest BCUT2D eigenvalue weighted by Gasteiger charge is -2.09. The molecule has 0 bridgehead atoms. The first kappa shape index (κ1) is 14.3. The zero-order valence-corrected chi connectivity index (χ0v) is 10.4. The second kappa shape index (κ2) is 7.57. The third kappa shape index (κ3) is 5.07. The van der Waals surface area contributed by atoms with Gasteiger partial charge in [0.05, 0.1) is 13.2 Å². The molecule has 0 aromatic carbocycles. The maximum Gasteiger partial charge on any atom is 0.323 e. The van der Waals surface area contributed by atoms with Crippen molar-refractivity contribution in [3.8, 4) is 6.01 Å². The van der Waals surface area contributed by atoms with Gasteiger partial charge in [-0.3, -0.25) is 0 Å². The van der Waals surface area contributed by atoms with Crippen LogP contribution in [0.25, 0.3) is 0 Å². The van der Waals surface area contributed by atoms with E-state index in [0.717, 1.165) is 6.42 Å². The van der Waals surface area contributed by atoms with E-state index in [1.807, 2.05) is 13.8 Å². The molecular weight excluding hydrogens is 244 g/mol. The molecule has 0 fully saturated rings. The zero-order valence-electron chi connectivity index (χ0n) is 10.4. The molecule has 0 aliphatic rings. The van der Waals surface area contributed by atoms with E-state index in [-0.39, 0.29) is 12.0 Å². The predicted molar refractivity (Wildman–Crippen MR) is 64.3 cm³/mol. The molecule has 2 N–H and O–H groups in total. The fraction of sp³-hybridized carbons (Fsp3) is 0.700. The highest BCUT2D eigenvalue weighted by Gasteiger charge is 2.09. The minimum atomic E-state index is -2.47. The van der Waals surface area contributed by atoms with E-state index in [0.29, 0.717) is 19.1 Å². The Balaban J connectivity index is 2.76. The van der Waals surface area contributed by atoms with E-state index in [1.165, 1.54) is 0 Å². The number of rotatable bonds is 8. The summed E-state index contributed by atoms with van der Waals surface area (Å²) in [5, 5.41) is 5.31. The molecular formula is C10H17F2N5O. The Bertz CT molecular complexity index is 364. The van der Waals surface area contributed by atoms with Gasteiger partial charge in [-0.15, -0.1) is 0 Å². The summed E-state index contributed by atoms with van der Waals surface area (Å²) in [4.78, 5) is 11.8. The van der Waals surface area contributed by atoms with Gasteiger partial charge in [0.2, 0.25) is 11.9 Å². The Morgan fingerprint density at radius 1 is 1.11 bits per heavy atom. The Morgan fingerprint density at radius 3 is 2.33 bits per heavy atom. The molecule has 102 valence electrons. The Labute approximate surface area is 104 Å². The lowest BCUT2D eigenvalue weighted by atomic mass is 10.5. The highest BCUT2D eigenvalue weighted by atomic mass is 19.3. The molecule has 0 saturated heterocycles. The quantitative estimate of drug-likeness (QED) is 0.743. The van der Waals surface area contributed by atoms with E-state index >= 15 is 0 Å². The molecule has 0 spiro atoms. The van der Waals surface area contributed by atoms with Crippen molar-refractivity contribution >= 4 is 11.9 Å². The van der Waals surface area contributed by atoms with Gasteiger partial charge in [-0.1, -0.05) is 6.92 Å². The molecule has 0 saturated carbocycles. The Hall–Kier alpha value is -1.73. The number of hydrogen-bond acceptors (Lipinski definition) is 6. The molecule has 8 heteroatoms. The Kier molecular flexibility index (Phi) is 6.03. The van der Waals surface area contributed by atoms with Gasteiger partial charge in [-0.05, 0) is 13.3 Å². The van der Waals surface area contributed by atoms with Crippen LogP contribution in [0.5, 0.6) is 6.01 Å². The number of alkyl halides is 2. The van der Waals surface area contributed by atoms with Crippen LogP contribution < -0.4 is 15.4 Å². The maximum absolute atomic E-state index is 12.1. The average Bonchev–Trinajstić information content (AvgIpc) is 2.34. The number of halogens is 2. The molecule has 0 aliphatic carbocycles. The number of aromatic nitrogens is 3. The lowest BCUT2D eigenvalue weighted by molar-refractivity contribution is 0.163. The number of anilines is 2. The van der Waals surface area contributed by atoms with Gasteiger partial charge in [0.15, 0.2) is 0 Å². The van der Waals surface area contributed by atoms with Gasteiger partial charge in [0.1, 0.15) is 0 Å². The number of ether oxygens (including phenoxy) is 1. The lowest BCUT2D eigenvalue weighted by Crippen LogP contribution is -2.15. The van der Waals surface area contributed by atoms with Crippen molar-refractivity contribution in [2.45, 2.75) is 26.7 Å². The van der Waals surface area contributed by atoms with Crippen molar-refractivity contribution in [1.29, 1.82) is 0 Å². The van der Waals surface area contributed by atoms with Crippen LogP contribution in [-0.2, 0) is 0 Å². The van der Waals surface area contributed by atoms with E-state index in [9.17, 15) is 8.78 Å². The number of nitrogens with one attached hydrogen (secondary N) is 2. The van der Waals surface area contributed by atoms with Gasteiger partial charge in [0.25, 0.3) is 6.43 Å². The van der Waals surface area contributed by atoms with Gasteiger partial charge in [-0.2, -0.15) is 15.0 Å². The summed E-state index contributed by atoms with van der Waals surface area (Å²) in [5.74, 6) is 0.378. The molecule has 1 rings (SSSR count). The summed E-state index contributed by atoms with van der Waals surface area (Å²) >= 11 is 0. The van der Waals surface area contributed by atoms with Crippen molar-refractivity contribution in [2.24, 2.45) is 0 Å². The maximum atomic E-state index is 12.1. The van der Waals surface area contributed by atoms with Crippen molar-refractivity contribution in [2.75, 3.05) is 30.3 Å². The summed E-state index contributed by atoms with van der Waals surface area (Å²) in [6.07, 6.45) is -1.66. The molecule has 0 amide bonds. The molecule has 1 heterocycles. The van der Waals surface area contributed by atoms with Crippen LogP contribution in [0.2, 0.25) is 0 Å². The van der Waals surface area contributed by atoms with Crippen LogP contribution >= 0.6 is 0 Å². The van der Waals surface area contributed by atoms with Crippen LogP contribution in [0.4, 0.5) is 20.7 Å². The normalized spacial score (nSPS) is 10.5. The molecule has 18 heavy (non-hydrogen) atoms. The monoisotopic (exact) mass is 261 g/mol. The molecule has 1 aromatic heterocycles. The third-order valence-corrected chi connectivity index (χ3v) is 1.80. The molecule has 0 aliphatic heterocycles.